The Morgan fingerprint density at radius 1 is 1.07 bits per heavy atom. The van der Waals surface area contributed by atoms with Crippen LogP contribution in [0.3, 0.4) is 0 Å². The van der Waals surface area contributed by atoms with Gasteiger partial charge >= 0.3 is 5.97 Å². The largest absolute Gasteiger partial charge is 0.455 e. The molecule has 0 spiro atoms. The van der Waals surface area contributed by atoms with Gasteiger partial charge in [0.1, 0.15) is 0 Å². The number of aryl methyl sites for hydroxylation is 3. The number of nitrogens with one attached hydrogen (secondary N) is 1. The summed E-state index contributed by atoms with van der Waals surface area (Å²) in [4.78, 5) is 38.3. The van der Waals surface area contributed by atoms with Crippen LogP contribution in [0.25, 0.3) is 0 Å². The average Bonchev–Trinajstić information content (AvgIpc) is 3.05. The van der Waals surface area contributed by atoms with Crippen LogP contribution in [-0.4, -0.2) is 30.9 Å². The number of nitrogens with zero attached hydrogens (tertiary/aromatic N) is 1. The van der Waals surface area contributed by atoms with E-state index >= 15 is 0 Å². The maximum Gasteiger partial charge on any atom is 0.311 e. The van der Waals surface area contributed by atoms with Gasteiger partial charge in [0.05, 0.1) is 5.92 Å². The molecule has 0 saturated carbocycles. The van der Waals surface area contributed by atoms with Crippen LogP contribution < -0.4 is 10.2 Å². The van der Waals surface area contributed by atoms with Gasteiger partial charge in [-0.25, -0.2) is 0 Å². The van der Waals surface area contributed by atoms with Gasteiger partial charge in [0.15, 0.2) is 6.61 Å². The summed E-state index contributed by atoms with van der Waals surface area (Å²) in [6.45, 7) is 5.66. The number of hydrogen-bond donors (Lipinski definition) is 1. The second-order valence-electron chi connectivity index (χ2n) is 7.16. The van der Waals surface area contributed by atoms with Crippen molar-refractivity contribution in [2.45, 2.75) is 27.2 Å². The minimum Gasteiger partial charge on any atom is -0.455 e. The molecule has 2 amide bonds. The minimum atomic E-state index is -0.568. The quantitative estimate of drug-likeness (QED) is 0.809. The molecule has 0 radical (unpaired) electrons. The molecule has 1 atom stereocenters. The summed E-state index contributed by atoms with van der Waals surface area (Å²) in [6.07, 6.45) is 0.0885. The zero-order valence-electron chi connectivity index (χ0n) is 16.3. The molecule has 1 aliphatic heterocycles. The van der Waals surface area contributed by atoms with E-state index in [4.69, 9.17) is 4.74 Å². The molecule has 6 heteroatoms. The van der Waals surface area contributed by atoms with Gasteiger partial charge in [-0.2, -0.15) is 0 Å². The van der Waals surface area contributed by atoms with Gasteiger partial charge in [0.2, 0.25) is 5.91 Å². The molecule has 2 aromatic carbocycles. The summed E-state index contributed by atoms with van der Waals surface area (Å²) in [5.41, 5.74) is 4.47. The minimum absolute atomic E-state index is 0.0885. The Kier molecular flexibility index (Phi) is 5.78. The summed E-state index contributed by atoms with van der Waals surface area (Å²) < 4.78 is 5.16. The van der Waals surface area contributed by atoms with Gasteiger partial charge in [0, 0.05) is 24.3 Å². The van der Waals surface area contributed by atoms with Gasteiger partial charge in [-0.1, -0.05) is 35.9 Å². The number of carbonyl (C=O) groups is 3. The fraction of sp³-hybridized carbons (Fsp3) is 0.318. The number of carbonyl (C=O) groups excluding carboxylic acids is 3. The van der Waals surface area contributed by atoms with E-state index in [1.54, 1.807) is 4.90 Å². The lowest BCUT2D eigenvalue weighted by Gasteiger charge is -2.16. The molecule has 0 aliphatic carbocycles. The highest BCUT2D eigenvalue weighted by Gasteiger charge is 2.36. The molecular weight excluding hydrogens is 356 g/mol. The van der Waals surface area contributed by atoms with Crippen LogP contribution in [0.5, 0.6) is 0 Å². The smallest absolute Gasteiger partial charge is 0.311 e. The van der Waals surface area contributed by atoms with Crippen molar-refractivity contribution in [2.24, 2.45) is 5.92 Å². The molecule has 1 unspecified atom stereocenters. The van der Waals surface area contributed by atoms with Gasteiger partial charge in [-0.15, -0.1) is 0 Å². The molecule has 1 N–H and O–H groups in total. The average molecular weight is 380 g/mol. The number of anilines is 2. The first-order valence-corrected chi connectivity index (χ1v) is 9.25. The molecular formula is C22H24N2O4. The second-order valence-corrected chi connectivity index (χ2v) is 7.16. The molecule has 1 aliphatic rings. The Bertz CT molecular complexity index is 885. The first kappa shape index (κ1) is 19.6. The van der Waals surface area contributed by atoms with Crippen molar-refractivity contribution in [1.82, 2.24) is 0 Å². The Morgan fingerprint density at radius 2 is 1.71 bits per heavy atom. The van der Waals surface area contributed by atoms with Crippen LogP contribution >= 0.6 is 0 Å². The van der Waals surface area contributed by atoms with Crippen LogP contribution in [-0.2, 0) is 19.1 Å². The maximum atomic E-state index is 12.3. The lowest BCUT2D eigenvalue weighted by Crippen LogP contribution is -2.28. The number of amides is 2. The third kappa shape index (κ3) is 4.39. The molecule has 1 saturated heterocycles. The van der Waals surface area contributed by atoms with E-state index in [0.717, 1.165) is 28.1 Å². The number of benzene rings is 2. The summed E-state index contributed by atoms with van der Waals surface area (Å²) >= 11 is 0. The van der Waals surface area contributed by atoms with Gasteiger partial charge in [-0.3, -0.25) is 14.4 Å². The molecule has 28 heavy (non-hydrogen) atoms. The van der Waals surface area contributed by atoms with Gasteiger partial charge in [0.25, 0.3) is 5.91 Å². The topological polar surface area (TPSA) is 75.7 Å². The lowest BCUT2D eigenvalue weighted by molar-refractivity contribution is -0.151. The summed E-state index contributed by atoms with van der Waals surface area (Å²) in [7, 11) is 0. The highest BCUT2D eigenvalue weighted by molar-refractivity contribution is 6.00. The summed E-state index contributed by atoms with van der Waals surface area (Å²) in [5, 5.41) is 2.78. The van der Waals surface area contributed by atoms with E-state index in [-0.39, 0.29) is 25.5 Å². The monoisotopic (exact) mass is 380 g/mol. The predicted octanol–water partition coefficient (Wildman–Crippen LogP) is 3.15. The van der Waals surface area contributed by atoms with Crippen molar-refractivity contribution in [2.75, 3.05) is 23.4 Å². The fourth-order valence-corrected chi connectivity index (χ4v) is 3.28. The summed E-state index contributed by atoms with van der Waals surface area (Å²) in [5.74, 6) is -1.61. The van der Waals surface area contributed by atoms with Crippen molar-refractivity contribution >= 4 is 29.2 Å². The number of hydrogen-bond acceptors (Lipinski definition) is 4. The van der Waals surface area contributed by atoms with Crippen molar-refractivity contribution in [3.63, 3.8) is 0 Å². The molecule has 3 rings (SSSR count). The highest BCUT2D eigenvalue weighted by Crippen LogP contribution is 2.26. The van der Waals surface area contributed by atoms with Crippen molar-refractivity contribution < 1.29 is 19.1 Å². The number of para-hydroxylation sites is 1. The molecule has 1 fully saturated rings. The van der Waals surface area contributed by atoms with Crippen LogP contribution in [0.4, 0.5) is 11.4 Å². The van der Waals surface area contributed by atoms with E-state index < -0.39 is 17.8 Å². The Morgan fingerprint density at radius 3 is 2.36 bits per heavy atom. The number of ether oxygens (including phenoxy) is 1. The molecule has 6 nitrogen and oxygen atoms in total. The normalized spacial score (nSPS) is 16.2. The molecule has 0 aromatic heterocycles. The first-order chi connectivity index (χ1) is 13.3. The van der Waals surface area contributed by atoms with Crippen molar-refractivity contribution in [1.29, 1.82) is 0 Å². The zero-order chi connectivity index (χ0) is 20.3. The lowest BCUT2D eigenvalue weighted by atomic mass is 10.1. The standard InChI is InChI=1S/C22H24N2O4/c1-14-7-9-18(10-8-14)24-12-17(11-20(24)26)22(27)28-13-19(25)23-21-15(2)5-4-6-16(21)3/h4-10,17H,11-13H2,1-3H3,(H,23,25). The summed E-state index contributed by atoms with van der Waals surface area (Å²) in [6, 6.07) is 13.3. The maximum absolute atomic E-state index is 12.3. The van der Waals surface area contributed by atoms with E-state index in [1.165, 1.54) is 0 Å². The second kappa shape index (κ2) is 8.25. The van der Waals surface area contributed by atoms with Crippen molar-refractivity contribution in [3.8, 4) is 0 Å². The molecule has 1 heterocycles. The number of esters is 1. The third-order valence-corrected chi connectivity index (χ3v) is 4.90. The zero-order valence-corrected chi connectivity index (χ0v) is 16.3. The van der Waals surface area contributed by atoms with E-state index in [2.05, 4.69) is 5.32 Å². The van der Waals surface area contributed by atoms with Crippen LogP contribution in [0.1, 0.15) is 23.1 Å². The first-order valence-electron chi connectivity index (χ1n) is 9.25. The Hall–Kier alpha value is -3.15. The van der Waals surface area contributed by atoms with E-state index in [0.29, 0.717) is 0 Å². The van der Waals surface area contributed by atoms with E-state index in [1.807, 2.05) is 63.2 Å². The SMILES string of the molecule is Cc1ccc(N2CC(C(=O)OCC(=O)Nc3c(C)cccc3C)CC2=O)cc1. The third-order valence-electron chi connectivity index (χ3n) is 4.90. The van der Waals surface area contributed by atoms with Crippen LogP contribution in [0, 0.1) is 26.7 Å². The predicted molar refractivity (Wildman–Crippen MR) is 107 cm³/mol. The van der Waals surface area contributed by atoms with E-state index in [9.17, 15) is 14.4 Å². The molecule has 2 aromatic rings. The molecule has 0 bridgehead atoms. The molecule has 146 valence electrons. The Balaban J connectivity index is 1.54. The Labute approximate surface area is 164 Å². The van der Waals surface area contributed by atoms with Crippen LogP contribution in [0.15, 0.2) is 42.5 Å². The fourth-order valence-electron chi connectivity index (χ4n) is 3.28. The number of rotatable bonds is 5. The highest BCUT2D eigenvalue weighted by atomic mass is 16.5. The van der Waals surface area contributed by atoms with Gasteiger partial charge < -0.3 is 15.0 Å². The van der Waals surface area contributed by atoms with Crippen molar-refractivity contribution in [3.05, 3.63) is 59.2 Å². The van der Waals surface area contributed by atoms with Crippen LogP contribution in [0.2, 0.25) is 0 Å². The van der Waals surface area contributed by atoms with Gasteiger partial charge in [-0.05, 0) is 44.0 Å².